The van der Waals surface area contributed by atoms with Crippen molar-refractivity contribution in [2.45, 2.75) is 24.9 Å². The molecule has 0 aliphatic carbocycles. The molecule has 13 nitrogen and oxygen atoms in total. The van der Waals surface area contributed by atoms with E-state index in [2.05, 4.69) is 13.8 Å². The molecule has 1 fully saturated rings. The van der Waals surface area contributed by atoms with Gasteiger partial charge < -0.3 is 30.3 Å². The second-order valence-corrected chi connectivity index (χ2v) is 7.64. The molecule has 2 heterocycles. The number of rotatable bonds is 6. The minimum Gasteiger partial charge on any atom is -0.390 e. The molecule has 0 bridgehead atoms. The maximum Gasteiger partial charge on any atom is 0.481 e. The average Bonchev–Trinajstić information content (AvgIpc) is 2.75. The lowest BCUT2D eigenvalue weighted by Gasteiger charge is -2.18. The number of aliphatic hydroxyl groups is 1. The number of nitrogens with zero attached hydrogens (tertiary/aromatic N) is 2. The lowest BCUT2D eigenvalue weighted by Crippen LogP contribution is -2.28. The van der Waals surface area contributed by atoms with Crippen LogP contribution in [0, 0.1) is 0 Å². The van der Waals surface area contributed by atoms with E-state index in [1.54, 1.807) is 0 Å². The van der Waals surface area contributed by atoms with Gasteiger partial charge in [-0.05, 0) is 6.07 Å². The number of hydrogen-bond acceptors (Lipinski definition) is 9. The molecule has 0 aromatic carbocycles. The largest absolute Gasteiger partial charge is 0.481 e. The van der Waals surface area contributed by atoms with Crippen LogP contribution in [0.3, 0.4) is 0 Å². The van der Waals surface area contributed by atoms with E-state index in [1.807, 2.05) is 0 Å². The third-order valence-electron chi connectivity index (χ3n) is 2.98. The molecule has 2 rings (SSSR count). The molecule has 4 atom stereocenters. The molecule has 1 saturated heterocycles. The third-order valence-corrected chi connectivity index (χ3v) is 5.13. The monoisotopic (exact) mass is 387 g/mol. The van der Waals surface area contributed by atoms with E-state index in [-0.39, 0.29) is 12.2 Å². The fourth-order valence-corrected chi connectivity index (χ4v) is 3.61. The first-order chi connectivity index (χ1) is 11.0. The maximum absolute atomic E-state index is 11.7. The Kier molecular flexibility index (Phi) is 5.60. The first-order valence-electron chi connectivity index (χ1n) is 6.39. The van der Waals surface area contributed by atoms with Gasteiger partial charge in [-0.3, -0.25) is 9.09 Å². The van der Waals surface area contributed by atoms with E-state index in [1.165, 1.54) is 12.3 Å². The zero-order valence-electron chi connectivity index (χ0n) is 11.9. The van der Waals surface area contributed by atoms with Crippen LogP contribution in [0.2, 0.25) is 0 Å². The Hall–Kier alpha value is -1.14. The molecule has 136 valence electrons. The summed E-state index contributed by atoms with van der Waals surface area (Å²) >= 11 is 0. The van der Waals surface area contributed by atoms with Crippen molar-refractivity contribution in [1.82, 2.24) is 9.55 Å². The normalized spacial score (nSPS) is 27.1. The summed E-state index contributed by atoms with van der Waals surface area (Å²) in [7, 11) is -10.3. The predicted octanol–water partition coefficient (Wildman–Crippen LogP) is -1.30. The van der Waals surface area contributed by atoms with Crippen LogP contribution in [0.25, 0.3) is 0 Å². The molecule has 15 heteroatoms. The summed E-state index contributed by atoms with van der Waals surface area (Å²) in [6.45, 7) is -0.706. The van der Waals surface area contributed by atoms with Gasteiger partial charge in [0.05, 0.1) is 12.7 Å². The van der Waals surface area contributed by atoms with Gasteiger partial charge in [0.15, 0.2) is 0 Å². The highest BCUT2D eigenvalue weighted by molar-refractivity contribution is 7.60. The van der Waals surface area contributed by atoms with Crippen LogP contribution < -0.4 is 11.4 Å². The minimum atomic E-state index is -5.24. The van der Waals surface area contributed by atoms with E-state index < -0.39 is 46.4 Å². The number of phosphoric ester groups is 1. The number of phosphoric acid groups is 2. The van der Waals surface area contributed by atoms with E-state index >= 15 is 0 Å². The van der Waals surface area contributed by atoms with E-state index in [0.29, 0.717) is 0 Å². The quantitative estimate of drug-likeness (QED) is 0.361. The fourth-order valence-electron chi connectivity index (χ4n) is 2.01. The zero-order valence-corrected chi connectivity index (χ0v) is 13.7. The Morgan fingerprint density at radius 2 is 2.08 bits per heavy atom. The standard InChI is InChI=1S/C9H15N3O10P2/c10-7-1-2-12(9(14)11-7)8-3-5(13)6(21-8)4-20-24(18,19)22-23(15,16)17/h1-2,5-6,8,13H,3-4H2,(H,18,19)(H2,10,11,14)(H2,15,16,17)/t5-,6+,8+/m0/s1. The minimum absolute atomic E-state index is 0.00508. The molecule has 6 N–H and O–H groups in total. The highest BCUT2D eigenvalue weighted by atomic mass is 31.3. The van der Waals surface area contributed by atoms with E-state index in [0.717, 1.165) is 4.57 Å². The van der Waals surface area contributed by atoms with Crippen molar-refractivity contribution in [3.63, 3.8) is 0 Å². The van der Waals surface area contributed by atoms with Gasteiger partial charge in [0.1, 0.15) is 18.1 Å². The summed E-state index contributed by atoms with van der Waals surface area (Å²) in [6.07, 6.45) is -1.97. The molecule has 0 saturated carbocycles. The van der Waals surface area contributed by atoms with Gasteiger partial charge >= 0.3 is 21.3 Å². The number of nitrogen functional groups attached to an aromatic ring is 1. The topological polar surface area (TPSA) is 204 Å². The van der Waals surface area contributed by atoms with Gasteiger partial charge in [-0.1, -0.05) is 0 Å². The highest BCUT2D eigenvalue weighted by Crippen LogP contribution is 2.57. The Labute approximate surface area is 134 Å². The van der Waals surface area contributed by atoms with Crippen LogP contribution in [0.5, 0.6) is 0 Å². The molecule has 1 aliphatic heterocycles. The molecule has 0 amide bonds. The Morgan fingerprint density at radius 3 is 2.67 bits per heavy atom. The van der Waals surface area contributed by atoms with Crippen LogP contribution in [0.1, 0.15) is 12.6 Å². The highest BCUT2D eigenvalue weighted by Gasteiger charge is 2.39. The summed E-state index contributed by atoms with van der Waals surface area (Å²) < 4.78 is 36.2. The van der Waals surface area contributed by atoms with Gasteiger partial charge in [-0.25, -0.2) is 13.9 Å². The maximum atomic E-state index is 11.7. The summed E-state index contributed by atoms with van der Waals surface area (Å²) in [5.41, 5.74) is 4.64. The van der Waals surface area contributed by atoms with Gasteiger partial charge in [-0.2, -0.15) is 9.29 Å². The molecule has 0 spiro atoms. The lowest BCUT2D eigenvalue weighted by molar-refractivity contribution is -0.0449. The van der Waals surface area contributed by atoms with Crippen LogP contribution in [0.15, 0.2) is 17.1 Å². The number of nitrogens with two attached hydrogens (primary N) is 1. The summed E-state index contributed by atoms with van der Waals surface area (Å²) in [6, 6.07) is 1.34. The first-order valence-corrected chi connectivity index (χ1v) is 9.42. The van der Waals surface area contributed by atoms with Crippen LogP contribution in [-0.4, -0.2) is 48.2 Å². The number of aromatic nitrogens is 2. The average molecular weight is 387 g/mol. The number of hydrogen-bond donors (Lipinski definition) is 5. The Bertz CT molecular complexity index is 747. The third kappa shape index (κ3) is 5.18. The summed E-state index contributed by atoms with van der Waals surface area (Å²) in [4.78, 5) is 41.3. The molecule has 1 aliphatic rings. The molecule has 24 heavy (non-hydrogen) atoms. The van der Waals surface area contributed by atoms with Crippen molar-refractivity contribution in [3.8, 4) is 0 Å². The van der Waals surface area contributed by atoms with Gasteiger partial charge in [-0.15, -0.1) is 0 Å². The van der Waals surface area contributed by atoms with E-state index in [9.17, 15) is 19.0 Å². The van der Waals surface area contributed by atoms with Crippen molar-refractivity contribution < 1.29 is 42.5 Å². The Morgan fingerprint density at radius 1 is 1.42 bits per heavy atom. The SMILES string of the molecule is Nc1ccn([C@H]2C[C@H](O)[C@@H](COP(=O)(O)OP(=O)(O)O)O2)c(=O)n1. The molecule has 1 aromatic rings. The van der Waals surface area contributed by atoms with Crippen molar-refractivity contribution >= 4 is 21.5 Å². The van der Waals surface area contributed by atoms with Gasteiger partial charge in [0.2, 0.25) is 0 Å². The van der Waals surface area contributed by atoms with Crippen molar-refractivity contribution in [3.05, 3.63) is 22.7 Å². The Balaban J connectivity index is 2.00. The number of anilines is 1. The zero-order chi connectivity index (χ0) is 18.1. The fraction of sp³-hybridized carbons (Fsp3) is 0.556. The summed E-state index contributed by atoms with van der Waals surface area (Å²) in [5, 5.41) is 9.86. The van der Waals surface area contributed by atoms with Crippen molar-refractivity contribution in [2.24, 2.45) is 0 Å². The number of aliphatic hydroxyl groups excluding tert-OH is 1. The first kappa shape index (κ1) is 19.2. The molecular formula is C9H15N3O10P2. The van der Waals surface area contributed by atoms with Crippen LogP contribution in [-0.2, 0) is 22.7 Å². The summed E-state index contributed by atoms with van der Waals surface area (Å²) in [5.74, 6) is 0.00508. The second kappa shape index (κ2) is 7.00. The van der Waals surface area contributed by atoms with Crippen molar-refractivity contribution in [1.29, 1.82) is 0 Å². The van der Waals surface area contributed by atoms with Crippen LogP contribution in [0.4, 0.5) is 5.82 Å². The lowest BCUT2D eigenvalue weighted by atomic mass is 10.2. The van der Waals surface area contributed by atoms with Crippen molar-refractivity contribution in [2.75, 3.05) is 12.3 Å². The smallest absolute Gasteiger partial charge is 0.390 e. The predicted molar refractivity (Wildman–Crippen MR) is 76.3 cm³/mol. The molecule has 1 aromatic heterocycles. The number of ether oxygens (including phenoxy) is 1. The second-order valence-electron chi connectivity index (χ2n) is 4.81. The van der Waals surface area contributed by atoms with Gasteiger partial charge in [0, 0.05) is 12.6 Å². The van der Waals surface area contributed by atoms with Crippen LogP contribution >= 0.6 is 15.6 Å². The molecule has 0 radical (unpaired) electrons. The molecular weight excluding hydrogens is 372 g/mol. The molecule has 1 unspecified atom stereocenters. The van der Waals surface area contributed by atoms with Gasteiger partial charge in [0.25, 0.3) is 0 Å². The van der Waals surface area contributed by atoms with E-state index in [4.69, 9.17) is 25.2 Å².